The van der Waals surface area contributed by atoms with E-state index in [1.54, 1.807) is 43.2 Å². The van der Waals surface area contributed by atoms with E-state index in [2.05, 4.69) is 0 Å². The second-order valence-corrected chi connectivity index (χ2v) is 6.72. The molecule has 0 atom stereocenters. The average molecular weight is 354 g/mol. The number of methoxy groups -OCH3 is 2. The van der Waals surface area contributed by atoms with Crippen LogP contribution in [0.4, 0.5) is 0 Å². The smallest absolute Gasteiger partial charge is 0.267 e. The first kappa shape index (κ1) is 18.2. The molecule has 26 heavy (non-hydrogen) atoms. The van der Waals surface area contributed by atoms with Crippen LogP contribution >= 0.6 is 0 Å². The van der Waals surface area contributed by atoms with Crippen LogP contribution in [-0.4, -0.2) is 30.7 Å². The van der Waals surface area contributed by atoms with Crippen molar-refractivity contribution in [3.8, 4) is 11.5 Å². The monoisotopic (exact) mass is 354 g/mol. The molecule has 1 aromatic heterocycles. The van der Waals surface area contributed by atoms with Crippen molar-refractivity contribution >= 4 is 5.91 Å². The Morgan fingerprint density at radius 2 is 1.85 bits per heavy atom. The summed E-state index contributed by atoms with van der Waals surface area (Å²) in [6, 6.07) is 9.41. The summed E-state index contributed by atoms with van der Waals surface area (Å²) in [7, 11) is 3.14. The third-order valence-electron chi connectivity index (χ3n) is 4.84. The second-order valence-electron chi connectivity index (χ2n) is 6.72. The minimum atomic E-state index is -0.154. The topological polar surface area (TPSA) is 52.8 Å². The maximum atomic E-state index is 13.2. The number of pyridine rings is 1. The minimum absolute atomic E-state index is 0.154. The summed E-state index contributed by atoms with van der Waals surface area (Å²) in [5.74, 6) is 0.990. The van der Waals surface area contributed by atoms with E-state index < -0.39 is 0 Å². The normalized spacial score (nSPS) is 15.7. The van der Waals surface area contributed by atoms with E-state index in [1.165, 1.54) is 19.3 Å². The summed E-state index contributed by atoms with van der Waals surface area (Å²) in [4.78, 5) is 18.1. The molecule has 1 aromatic carbocycles. The zero-order valence-electron chi connectivity index (χ0n) is 15.7. The van der Waals surface area contributed by atoms with Gasteiger partial charge in [-0.2, -0.15) is 0 Å². The van der Waals surface area contributed by atoms with Crippen LogP contribution in [0.15, 0.2) is 41.5 Å². The number of carbonyl (C=O) groups excluding carboxylic acids is 1. The first-order valence-corrected chi connectivity index (χ1v) is 9.12. The van der Waals surface area contributed by atoms with Crippen molar-refractivity contribution in [2.45, 2.75) is 45.1 Å². The molecule has 0 amide bonds. The van der Waals surface area contributed by atoms with Gasteiger partial charge >= 0.3 is 0 Å². The predicted molar refractivity (Wildman–Crippen MR) is 101 cm³/mol. The number of ether oxygens (including phenoxy) is 2. The average Bonchev–Trinajstić information content (AvgIpc) is 2.68. The summed E-state index contributed by atoms with van der Waals surface area (Å²) < 4.78 is 12.2. The lowest BCUT2D eigenvalue weighted by molar-refractivity contribution is 0.0951. The van der Waals surface area contributed by atoms with E-state index in [0.717, 1.165) is 18.4 Å². The van der Waals surface area contributed by atoms with E-state index in [9.17, 15) is 4.79 Å². The van der Waals surface area contributed by atoms with Gasteiger partial charge in [0.15, 0.2) is 0 Å². The summed E-state index contributed by atoms with van der Waals surface area (Å²) in [6.45, 7) is 2.02. The third kappa shape index (κ3) is 3.98. The van der Waals surface area contributed by atoms with Gasteiger partial charge in [0.1, 0.15) is 17.0 Å². The van der Waals surface area contributed by atoms with Crippen molar-refractivity contribution < 1.29 is 14.3 Å². The molecule has 0 spiro atoms. The quantitative estimate of drug-likeness (QED) is 0.840. The third-order valence-corrected chi connectivity index (χ3v) is 4.84. The van der Waals surface area contributed by atoms with Crippen LogP contribution in [0.2, 0.25) is 0 Å². The molecule has 0 aliphatic heterocycles. The van der Waals surface area contributed by atoms with Crippen LogP contribution in [0.3, 0.4) is 0 Å². The molecule has 5 nitrogen and oxygen atoms in total. The van der Waals surface area contributed by atoms with Gasteiger partial charge in [-0.05, 0) is 49.6 Å². The zero-order chi connectivity index (χ0) is 18.5. The Kier molecular flexibility index (Phi) is 5.76. The number of aromatic nitrogens is 1. The molecule has 138 valence electrons. The van der Waals surface area contributed by atoms with Crippen LogP contribution in [0.25, 0.3) is 0 Å². The zero-order valence-corrected chi connectivity index (χ0v) is 15.7. The Hall–Kier alpha value is -2.56. The van der Waals surface area contributed by atoms with Gasteiger partial charge in [-0.3, -0.25) is 14.4 Å². The van der Waals surface area contributed by atoms with E-state index in [-0.39, 0.29) is 5.91 Å². The molecule has 0 radical (unpaired) electrons. The van der Waals surface area contributed by atoms with Gasteiger partial charge in [0.05, 0.1) is 25.8 Å². The summed E-state index contributed by atoms with van der Waals surface area (Å²) in [5, 5.41) is 0. The number of hydrogen-bond donors (Lipinski definition) is 0. The minimum Gasteiger partial charge on any atom is -0.497 e. The van der Waals surface area contributed by atoms with Gasteiger partial charge in [-0.25, -0.2) is 0 Å². The fourth-order valence-electron chi connectivity index (χ4n) is 3.36. The van der Waals surface area contributed by atoms with E-state index in [1.807, 2.05) is 19.1 Å². The molecule has 0 N–H and O–H groups in total. The Balaban J connectivity index is 2.03. The van der Waals surface area contributed by atoms with E-state index >= 15 is 0 Å². The molecule has 3 rings (SSSR count). The molecular formula is C21H26N2O3. The molecule has 1 saturated carbocycles. The second kappa shape index (κ2) is 8.21. The molecule has 0 saturated heterocycles. The van der Waals surface area contributed by atoms with Crippen LogP contribution < -0.4 is 15.0 Å². The number of nitrogens with zero attached hydrogens (tertiary/aromatic N) is 2. The maximum Gasteiger partial charge on any atom is 0.267 e. The SMILES string of the molecule is COc1ccc(C(=O)n2ccc(C)cc2=NC2CCCCC2)c(OC)c1. The van der Waals surface area contributed by atoms with Crippen molar-refractivity contribution in [3.05, 3.63) is 53.1 Å². The number of rotatable bonds is 4. The van der Waals surface area contributed by atoms with Crippen molar-refractivity contribution in [3.63, 3.8) is 0 Å². The highest BCUT2D eigenvalue weighted by atomic mass is 16.5. The standard InChI is InChI=1S/C21H26N2O3/c1-15-11-12-23(20(13-15)22-16-7-5-4-6-8-16)21(24)18-10-9-17(25-2)14-19(18)26-3/h9-14,16H,4-8H2,1-3H3. The summed E-state index contributed by atoms with van der Waals surface area (Å²) in [5.41, 5.74) is 2.28. The van der Waals surface area contributed by atoms with Crippen molar-refractivity contribution in [2.24, 2.45) is 4.99 Å². The lowest BCUT2D eigenvalue weighted by Gasteiger charge is -2.18. The Labute approximate surface area is 154 Å². The van der Waals surface area contributed by atoms with Crippen LogP contribution in [0.5, 0.6) is 11.5 Å². The summed E-state index contributed by atoms with van der Waals surface area (Å²) in [6.07, 6.45) is 7.67. The van der Waals surface area contributed by atoms with Crippen molar-refractivity contribution in [1.82, 2.24) is 4.57 Å². The molecule has 1 heterocycles. The van der Waals surface area contributed by atoms with Gasteiger partial charge < -0.3 is 9.47 Å². The Morgan fingerprint density at radius 1 is 1.08 bits per heavy atom. The molecule has 2 aromatic rings. The highest BCUT2D eigenvalue weighted by Gasteiger charge is 2.17. The molecule has 0 bridgehead atoms. The highest BCUT2D eigenvalue weighted by Crippen LogP contribution is 2.25. The molecular weight excluding hydrogens is 328 g/mol. The molecule has 1 aliphatic carbocycles. The number of hydrogen-bond acceptors (Lipinski definition) is 4. The van der Waals surface area contributed by atoms with Crippen LogP contribution in [0, 0.1) is 6.92 Å². The lowest BCUT2D eigenvalue weighted by Crippen LogP contribution is -2.30. The van der Waals surface area contributed by atoms with Gasteiger partial charge in [0.2, 0.25) is 0 Å². The van der Waals surface area contributed by atoms with Gasteiger partial charge in [0.25, 0.3) is 5.91 Å². The molecule has 1 aliphatic rings. The lowest BCUT2D eigenvalue weighted by atomic mass is 9.96. The Morgan fingerprint density at radius 3 is 2.54 bits per heavy atom. The summed E-state index contributed by atoms with van der Waals surface area (Å²) >= 11 is 0. The first-order valence-electron chi connectivity index (χ1n) is 9.12. The van der Waals surface area contributed by atoms with E-state index in [0.29, 0.717) is 28.6 Å². The number of benzene rings is 1. The molecule has 1 fully saturated rings. The first-order chi connectivity index (χ1) is 12.6. The molecule has 5 heteroatoms. The van der Waals surface area contributed by atoms with Crippen molar-refractivity contribution in [2.75, 3.05) is 14.2 Å². The maximum absolute atomic E-state index is 13.2. The van der Waals surface area contributed by atoms with Gasteiger partial charge in [-0.15, -0.1) is 0 Å². The number of aryl methyl sites for hydroxylation is 1. The molecule has 0 unspecified atom stereocenters. The van der Waals surface area contributed by atoms with Crippen molar-refractivity contribution in [1.29, 1.82) is 0 Å². The fraction of sp³-hybridized carbons (Fsp3) is 0.429. The van der Waals surface area contributed by atoms with E-state index in [4.69, 9.17) is 14.5 Å². The fourth-order valence-corrected chi connectivity index (χ4v) is 3.36. The Bertz CT molecular complexity index is 849. The van der Waals surface area contributed by atoms with Gasteiger partial charge in [0, 0.05) is 12.3 Å². The largest absolute Gasteiger partial charge is 0.497 e. The predicted octanol–water partition coefficient (Wildman–Crippen LogP) is 3.74. The highest BCUT2D eigenvalue weighted by molar-refractivity contribution is 5.98. The van der Waals surface area contributed by atoms with Gasteiger partial charge in [-0.1, -0.05) is 19.3 Å². The number of carbonyl (C=O) groups is 1. The van der Waals surface area contributed by atoms with Crippen LogP contribution in [0.1, 0.15) is 48.0 Å². The van der Waals surface area contributed by atoms with Crippen LogP contribution in [-0.2, 0) is 0 Å².